The van der Waals surface area contributed by atoms with Gasteiger partial charge in [0, 0.05) is 31.7 Å². The zero-order chi connectivity index (χ0) is 16.2. The van der Waals surface area contributed by atoms with E-state index >= 15 is 0 Å². The fourth-order valence-corrected chi connectivity index (χ4v) is 2.51. The number of carboxylic acids is 1. The van der Waals surface area contributed by atoms with E-state index < -0.39 is 12.0 Å². The normalized spacial score (nSPS) is 18.7. The van der Waals surface area contributed by atoms with Crippen molar-refractivity contribution in [3.8, 4) is 0 Å². The zero-order valence-corrected chi connectivity index (χ0v) is 13.8. The molecule has 1 heterocycles. The molecule has 1 saturated heterocycles. The summed E-state index contributed by atoms with van der Waals surface area (Å²) in [7, 11) is 0. The molecule has 1 rings (SSSR count). The van der Waals surface area contributed by atoms with E-state index in [1.54, 1.807) is 4.90 Å². The second kappa shape index (κ2) is 7.11. The minimum absolute atomic E-state index is 0.101. The van der Waals surface area contributed by atoms with Crippen molar-refractivity contribution in [2.45, 2.75) is 52.6 Å². The largest absolute Gasteiger partial charge is 0.480 e. The fourth-order valence-electron chi connectivity index (χ4n) is 2.51. The molecule has 0 aromatic carbocycles. The second-order valence-corrected chi connectivity index (χ2v) is 7.11. The third kappa shape index (κ3) is 5.53. The van der Waals surface area contributed by atoms with Gasteiger partial charge in [0.05, 0.1) is 0 Å². The van der Waals surface area contributed by atoms with Gasteiger partial charge in [0.2, 0.25) is 0 Å². The molecular formula is C15H29N3O3. The number of nitrogens with zero attached hydrogens (tertiary/aromatic N) is 2. The van der Waals surface area contributed by atoms with E-state index in [2.05, 4.69) is 31.0 Å². The number of urea groups is 1. The minimum atomic E-state index is -0.967. The molecule has 0 saturated carbocycles. The first-order valence-electron chi connectivity index (χ1n) is 7.64. The van der Waals surface area contributed by atoms with E-state index in [1.807, 2.05) is 13.8 Å². The van der Waals surface area contributed by atoms with Crippen molar-refractivity contribution in [1.29, 1.82) is 0 Å². The number of hydrogen-bond acceptors (Lipinski definition) is 3. The standard InChI is InChI=1S/C15H29N3O3/c1-11(2)10-12(13(19)20)16-14(21)17-6-8-18(9-7-17)15(3,4)5/h11-12H,6-10H2,1-5H3,(H,16,21)(H,19,20). The van der Waals surface area contributed by atoms with E-state index in [-0.39, 0.29) is 17.5 Å². The first kappa shape index (κ1) is 17.8. The average molecular weight is 299 g/mol. The lowest BCUT2D eigenvalue weighted by Gasteiger charge is -2.42. The Morgan fingerprint density at radius 3 is 2.05 bits per heavy atom. The summed E-state index contributed by atoms with van der Waals surface area (Å²) in [6.45, 7) is 13.3. The monoisotopic (exact) mass is 299 g/mol. The van der Waals surface area contributed by atoms with Crippen LogP contribution >= 0.6 is 0 Å². The first-order chi connectivity index (χ1) is 9.61. The maximum Gasteiger partial charge on any atom is 0.326 e. The Balaban J connectivity index is 2.51. The average Bonchev–Trinajstić information content (AvgIpc) is 2.36. The Bertz CT molecular complexity index is 369. The molecule has 122 valence electrons. The highest BCUT2D eigenvalue weighted by Crippen LogP contribution is 2.16. The van der Waals surface area contributed by atoms with Crippen molar-refractivity contribution < 1.29 is 14.7 Å². The van der Waals surface area contributed by atoms with Crippen LogP contribution in [0.2, 0.25) is 0 Å². The summed E-state index contributed by atoms with van der Waals surface area (Å²) in [6, 6.07) is -1.07. The van der Waals surface area contributed by atoms with Gasteiger partial charge in [-0.15, -0.1) is 0 Å². The predicted octanol–water partition coefficient (Wildman–Crippen LogP) is 1.61. The number of piperazine rings is 1. The highest BCUT2D eigenvalue weighted by atomic mass is 16.4. The lowest BCUT2D eigenvalue weighted by atomic mass is 10.0. The number of nitrogens with one attached hydrogen (secondary N) is 1. The SMILES string of the molecule is CC(C)CC(NC(=O)N1CCN(C(C)(C)C)CC1)C(=O)O. The van der Waals surface area contributed by atoms with Gasteiger partial charge in [0.1, 0.15) is 6.04 Å². The fraction of sp³-hybridized carbons (Fsp3) is 0.867. The molecule has 6 heteroatoms. The van der Waals surface area contributed by atoms with Gasteiger partial charge < -0.3 is 15.3 Å². The molecule has 2 amide bonds. The Labute approximate surface area is 127 Å². The molecule has 1 aliphatic rings. The molecule has 0 aromatic heterocycles. The van der Waals surface area contributed by atoms with Gasteiger partial charge in [-0.2, -0.15) is 0 Å². The molecule has 0 aromatic rings. The van der Waals surface area contributed by atoms with Crippen molar-refractivity contribution in [1.82, 2.24) is 15.1 Å². The van der Waals surface area contributed by atoms with Crippen molar-refractivity contribution in [2.24, 2.45) is 5.92 Å². The van der Waals surface area contributed by atoms with Crippen molar-refractivity contribution >= 4 is 12.0 Å². The lowest BCUT2D eigenvalue weighted by molar-refractivity contribution is -0.139. The van der Waals surface area contributed by atoms with E-state index in [0.29, 0.717) is 19.5 Å². The van der Waals surface area contributed by atoms with E-state index in [9.17, 15) is 14.7 Å². The number of carboxylic acid groups (broad SMARTS) is 1. The minimum Gasteiger partial charge on any atom is -0.480 e. The smallest absolute Gasteiger partial charge is 0.326 e. The second-order valence-electron chi connectivity index (χ2n) is 7.11. The Morgan fingerprint density at radius 1 is 1.14 bits per heavy atom. The van der Waals surface area contributed by atoms with Gasteiger partial charge >= 0.3 is 12.0 Å². The van der Waals surface area contributed by atoms with Crippen LogP contribution in [-0.2, 0) is 4.79 Å². The summed E-state index contributed by atoms with van der Waals surface area (Å²) < 4.78 is 0. The van der Waals surface area contributed by atoms with Crippen LogP contribution < -0.4 is 5.32 Å². The highest BCUT2D eigenvalue weighted by molar-refractivity contribution is 5.82. The van der Waals surface area contributed by atoms with Crippen molar-refractivity contribution in [3.05, 3.63) is 0 Å². The maximum atomic E-state index is 12.2. The molecular weight excluding hydrogens is 270 g/mol. The highest BCUT2D eigenvalue weighted by Gasteiger charge is 2.29. The van der Waals surface area contributed by atoms with E-state index in [0.717, 1.165) is 13.1 Å². The van der Waals surface area contributed by atoms with E-state index in [1.165, 1.54) is 0 Å². The van der Waals surface area contributed by atoms with Gasteiger partial charge in [-0.1, -0.05) is 13.8 Å². The van der Waals surface area contributed by atoms with Crippen LogP contribution in [0.5, 0.6) is 0 Å². The molecule has 1 fully saturated rings. The summed E-state index contributed by atoms with van der Waals surface area (Å²) >= 11 is 0. The predicted molar refractivity (Wildman–Crippen MR) is 82.3 cm³/mol. The number of aliphatic carboxylic acids is 1. The van der Waals surface area contributed by atoms with Crippen LogP contribution in [0, 0.1) is 5.92 Å². The molecule has 1 atom stereocenters. The van der Waals surface area contributed by atoms with Gasteiger partial charge in [-0.25, -0.2) is 9.59 Å². The summed E-state index contributed by atoms with van der Waals surface area (Å²) in [4.78, 5) is 27.4. The number of amides is 2. The van der Waals surface area contributed by atoms with Gasteiger partial charge in [-0.3, -0.25) is 4.90 Å². The molecule has 0 aliphatic carbocycles. The van der Waals surface area contributed by atoms with Crippen LogP contribution in [0.25, 0.3) is 0 Å². The molecule has 0 radical (unpaired) electrons. The topological polar surface area (TPSA) is 72.9 Å². The van der Waals surface area contributed by atoms with E-state index in [4.69, 9.17) is 0 Å². The molecule has 6 nitrogen and oxygen atoms in total. The number of rotatable bonds is 4. The number of hydrogen-bond donors (Lipinski definition) is 2. The summed E-state index contributed by atoms with van der Waals surface area (Å²) in [5, 5.41) is 11.8. The molecule has 2 N–H and O–H groups in total. The molecule has 21 heavy (non-hydrogen) atoms. The Kier molecular flexibility index (Phi) is 6.01. The Morgan fingerprint density at radius 2 is 1.67 bits per heavy atom. The summed E-state index contributed by atoms with van der Waals surface area (Å²) in [6.07, 6.45) is 0.447. The summed E-state index contributed by atoms with van der Waals surface area (Å²) in [5.74, 6) is -0.741. The molecule has 0 bridgehead atoms. The molecule has 0 spiro atoms. The zero-order valence-electron chi connectivity index (χ0n) is 13.8. The number of carbonyl (C=O) groups excluding carboxylic acids is 1. The van der Waals surface area contributed by atoms with Crippen LogP contribution in [0.3, 0.4) is 0 Å². The molecule has 1 unspecified atom stereocenters. The van der Waals surface area contributed by atoms with Gasteiger partial charge in [0.25, 0.3) is 0 Å². The van der Waals surface area contributed by atoms with Crippen molar-refractivity contribution in [2.75, 3.05) is 26.2 Å². The lowest BCUT2D eigenvalue weighted by Crippen LogP contribution is -2.58. The summed E-state index contributed by atoms with van der Waals surface area (Å²) in [5.41, 5.74) is 0.101. The quantitative estimate of drug-likeness (QED) is 0.827. The van der Waals surface area contributed by atoms with Crippen LogP contribution in [0.1, 0.15) is 41.0 Å². The molecule has 1 aliphatic heterocycles. The van der Waals surface area contributed by atoms with Gasteiger partial charge in [-0.05, 0) is 33.1 Å². The third-order valence-corrected chi connectivity index (χ3v) is 3.82. The van der Waals surface area contributed by atoms with Gasteiger partial charge in [0.15, 0.2) is 0 Å². The Hall–Kier alpha value is -1.30. The first-order valence-corrected chi connectivity index (χ1v) is 7.64. The maximum absolute atomic E-state index is 12.2. The van der Waals surface area contributed by atoms with Crippen molar-refractivity contribution in [3.63, 3.8) is 0 Å². The van der Waals surface area contributed by atoms with Crippen LogP contribution in [0.4, 0.5) is 4.79 Å². The van der Waals surface area contributed by atoms with Crippen LogP contribution in [-0.4, -0.2) is 64.7 Å². The van der Waals surface area contributed by atoms with Crippen LogP contribution in [0.15, 0.2) is 0 Å². The number of carbonyl (C=O) groups is 2. The third-order valence-electron chi connectivity index (χ3n) is 3.82.